The average Bonchev–Trinajstić information content (AvgIpc) is 2.63. The first-order valence-electron chi connectivity index (χ1n) is 8.00. The summed E-state index contributed by atoms with van der Waals surface area (Å²) < 4.78 is 1.86. The highest BCUT2D eigenvalue weighted by Gasteiger charge is 2.16. The smallest absolute Gasteiger partial charge is 0.322 e. The first-order chi connectivity index (χ1) is 12.9. The van der Waals surface area contributed by atoms with Crippen molar-refractivity contribution in [2.24, 2.45) is 0 Å². The lowest BCUT2D eigenvalue weighted by Crippen LogP contribution is -2.39. The van der Waals surface area contributed by atoms with Crippen LogP contribution in [0, 0.1) is 6.92 Å². The lowest BCUT2D eigenvalue weighted by atomic mass is 10.2. The Morgan fingerprint density at radius 3 is 2.67 bits per heavy atom. The van der Waals surface area contributed by atoms with Gasteiger partial charge in [-0.25, -0.2) is 4.79 Å². The molecule has 0 aliphatic rings. The predicted molar refractivity (Wildman–Crippen MR) is 109 cm³/mol. The largest absolute Gasteiger partial charge is 0.328 e. The molecule has 1 amide bonds. The minimum absolute atomic E-state index is 0.0354. The Morgan fingerprint density at radius 2 is 1.96 bits per heavy atom. The molecular weight excluding hydrogens is 434 g/mol. The van der Waals surface area contributed by atoms with Crippen molar-refractivity contribution in [2.45, 2.75) is 13.5 Å². The number of hydrogen-bond donors (Lipinski definition) is 2. The minimum atomic E-state index is -0.690. The van der Waals surface area contributed by atoms with E-state index in [0.717, 1.165) is 20.8 Å². The third-order valence-corrected chi connectivity index (χ3v) is 5.27. The van der Waals surface area contributed by atoms with E-state index in [-0.39, 0.29) is 12.1 Å². The maximum Gasteiger partial charge on any atom is 0.328 e. The van der Waals surface area contributed by atoms with Crippen LogP contribution >= 0.6 is 27.5 Å². The summed E-state index contributed by atoms with van der Waals surface area (Å²) in [7, 11) is 0. The van der Waals surface area contributed by atoms with Crippen molar-refractivity contribution in [1.82, 2.24) is 9.55 Å². The van der Waals surface area contributed by atoms with Crippen molar-refractivity contribution in [3.63, 3.8) is 0 Å². The van der Waals surface area contributed by atoms with E-state index in [4.69, 9.17) is 11.6 Å². The van der Waals surface area contributed by atoms with E-state index in [2.05, 4.69) is 26.2 Å². The summed E-state index contributed by atoms with van der Waals surface area (Å²) in [6.07, 6.45) is 1.12. The van der Waals surface area contributed by atoms with E-state index in [0.29, 0.717) is 16.3 Å². The summed E-state index contributed by atoms with van der Waals surface area (Å²) in [6, 6.07) is 12.2. The molecule has 0 unspecified atom stereocenters. The molecule has 0 bridgehead atoms. The highest BCUT2D eigenvalue weighted by molar-refractivity contribution is 9.10. The summed E-state index contributed by atoms with van der Waals surface area (Å²) in [5.41, 5.74) is 0.616. The number of nitrogens with zero attached hydrogens (tertiary/aromatic N) is 1. The predicted octanol–water partition coefficient (Wildman–Crippen LogP) is 3.56. The van der Waals surface area contributed by atoms with Crippen LogP contribution < -0.4 is 16.6 Å². The number of nitrogens with one attached hydrogen (secondary N) is 2. The fourth-order valence-electron chi connectivity index (χ4n) is 2.54. The fraction of sp³-hybridized carbons (Fsp3) is 0.105. The van der Waals surface area contributed by atoms with Gasteiger partial charge >= 0.3 is 5.69 Å². The van der Waals surface area contributed by atoms with Gasteiger partial charge in [0, 0.05) is 21.4 Å². The molecule has 138 valence electrons. The van der Waals surface area contributed by atoms with Gasteiger partial charge in [0.2, 0.25) is 0 Å². The number of aromatic amines is 1. The maximum absolute atomic E-state index is 12.7. The number of hydrogen-bond acceptors (Lipinski definition) is 3. The number of carbonyl (C=O) groups is 1. The van der Waals surface area contributed by atoms with Gasteiger partial charge in [0.05, 0.1) is 6.54 Å². The summed E-state index contributed by atoms with van der Waals surface area (Å²) >= 11 is 9.50. The first kappa shape index (κ1) is 19.1. The molecule has 0 atom stereocenters. The zero-order chi connectivity index (χ0) is 19.6. The molecule has 0 radical (unpaired) electrons. The molecule has 0 spiro atoms. The van der Waals surface area contributed by atoms with Crippen LogP contribution in [-0.2, 0) is 6.54 Å². The number of benzene rings is 2. The van der Waals surface area contributed by atoms with Gasteiger partial charge in [-0.15, -0.1) is 0 Å². The minimum Gasteiger partial charge on any atom is -0.322 e. The van der Waals surface area contributed by atoms with Crippen LogP contribution in [0.25, 0.3) is 0 Å². The van der Waals surface area contributed by atoms with Crippen LogP contribution in [0.5, 0.6) is 0 Å². The Bertz CT molecular complexity index is 1140. The number of aromatic nitrogens is 2. The fourth-order valence-corrected chi connectivity index (χ4v) is 2.98. The quantitative estimate of drug-likeness (QED) is 0.640. The summed E-state index contributed by atoms with van der Waals surface area (Å²) in [5, 5.41) is 3.10. The molecule has 0 fully saturated rings. The summed E-state index contributed by atoms with van der Waals surface area (Å²) in [6.45, 7) is 1.85. The normalized spacial score (nSPS) is 10.6. The van der Waals surface area contributed by atoms with Gasteiger partial charge in [-0.1, -0.05) is 45.7 Å². The molecule has 1 heterocycles. The van der Waals surface area contributed by atoms with Crippen LogP contribution in [0.3, 0.4) is 0 Å². The Kier molecular flexibility index (Phi) is 5.62. The molecule has 6 nitrogen and oxygen atoms in total. The second kappa shape index (κ2) is 7.94. The van der Waals surface area contributed by atoms with Crippen molar-refractivity contribution in [3.8, 4) is 0 Å². The molecule has 0 saturated heterocycles. The summed E-state index contributed by atoms with van der Waals surface area (Å²) in [4.78, 5) is 39.8. The summed E-state index contributed by atoms with van der Waals surface area (Å²) in [5.74, 6) is -0.606. The van der Waals surface area contributed by atoms with Gasteiger partial charge in [-0.2, -0.15) is 0 Å². The molecule has 0 saturated carbocycles. The molecule has 0 aliphatic heterocycles. The zero-order valence-corrected chi connectivity index (χ0v) is 16.6. The second-order valence-electron chi connectivity index (χ2n) is 5.91. The number of halogens is 2. The Hall–Kier alpha value is -2.64. The Labute approximate surface area is 167 Å². The number of anilines is 1. The third kappa shape index (κ3) is 4.20. The van der Waals surface area contributed by atoms with Crippen LogP contribution in [0.15, 0.2) is 62.7 Å². The van der Waals surface area contributed by atoms with Gasteiger partial charge in [0.1, 0.15) is 5.56 Å². The van der Waals surface area contributed by atoms with Crippen molar-refractivity contribution in [2.75, 3.05) is 5.32 Å². The number of amides is 1. The van der Waals surface area contributed by atoms with Crippen LogP contribution in [0.2, 0.25) is 5.02 Å². The van der Waals surface area contributed by atoms with Gasteiger partial charge < -0.3 is 10.3 Å². The first-order valence-corrected chi connectivity index (χ1v) is 9.17. The van der Waals surface area contributed by atoms with Gasteiger partial charge in [0.25, 0.3) is 11.5 Å². The monoisotopic (exact) mass is 447 g/mol. The van der Waals surface area contributed by atoms with Crippen molar-refractivity contribution in [1.29, 1.82) is 0 Å². The number of aryl methyl sites for hydroxylation is 1. The van der Waals surface area contributed by atoms with E-state index >= 15 is 0 Å². The van der Waals surface area contributed by atoms with Crippen LogP contribution in [-0.4, -0.2) is 15.5 Å². The lowest BCUT2D eigenvalue weighted by Gasteiger charge is -2.10. The van der Waals surface area contributed by atoms with Gasteiger partial charge in [-0.3, -0.25) is 14.2 Å². The van der Waals surface area contributed by atoms with Crippen LogP contribution in [0.1, 0.15) is 21.5 Å². The standard InChI is InChI=1S/C19H15BrClN3O3/c1-11-8-13(6-7-15(11)20)23-17(25)14-9-22-19(27)24(18(14)26)10-12-4-2-3-5-16(12)21/h2-9H,10H2,1H3,(H,22,27)(H,23,25). The highest BCUT2D eigenvalue weighted by atomic mass is 79.9. The van der Waals surface area contributed by atoms with E-state index in [1.54, 1.807) is 42.5 Å². The van der Waals surface area contributed by atoms with Gasteiger partial charge in [-0.05, 0) is 42.3 Å². The van der Waals surface area contributed by atoms with Gasteiger partial charge in [0.15, 0.2) is 0 Å². The molecule has 1 aromatic heterocycles. The van der Waals surface area contributed by atoms with E-state index in [9.17, 15) is 14.4 Å². The third-order valence-electron chi connectivity index (χ3n) is 4.01. The van der Waals surface area contributed by atoms with Crippen molar-refractivity contribution >= 4 is 39.1 Å². The molecular formula is C19H15BrClN3O3. The molecule has 0 aliphatic carbocycles. The average molecular weight is 449 g/mol. The Balaban J connectivity index is 1.93. The molecule has 3 rings (SSSR count). The number of rotatable bonds is 4. The molecule has 27 heavy (non-hydrogen) atoms. The molecule has 2 aromatic carbocycles. The van der Waals surface area contributed by atoms with Crippen LogP contribution in [0.4, 0.5) is 5.69 Å². The molecule has 8 heteroatoms. The maximum atomic E-state index is 12.7. The Morgan fingerprint density at radius 1 is 1.22 bits per heavy atom. The number of carbonyl (C=O) groups excluding carboxylic acids is 1. The highest BCUT2D eigenvalue weighted by Crippen LogP contribution is 2.20. The molecule has 2 N–H and O–H groups in total. The van der Waals surface area contributed by atoms with E-state index in [1.807, 2.05) is 6.92 Å². The SMILES string of the molecule is Cc1cc(NC(=O)c2c[nH]c(=O)n(Cc3ccccc3Cl)c2=O)ccc1Br. The number of H-pyrrole nitrogens is 1. The molecule has 3 aromatic rings. The zero-order valence-electron chi connectivity index (χ0n) is 14.3. The van der Waals surface area contributed by atoms with E-state index in [1.165, 1.54) is 0 Å². The van der Waals surface area contributed by atoms with E-state index < -0.39 is 17.2 Å². The lowest BCUT2D eigenvalue weighted by molar-refractivity contribution is 0.102. The topological polar surface area (TPSA) is 84.0 Å². The second-order valence-corrected chi connectivity index (χ2v) is 7.17. The van der Waals surface area contributed by atoms with Crippen molar-refractivity contribution < 1.29 is 4.79 Å². The van der Waals surface area contributed by atoms with Crippen molar-refractivity contribution in [3.05, 3.63) is 95.7 Å².